The van der Waals surface area contributed by atoms with E-state index in [1.54, 1.807) is 4.68 Å². The first kappa shape index (κ1) is 13.2. The minimum Gasteiger partial charge on any atom is -0.330 e. The van der Waals surface area contributed by atoms with Gasteiger partial charge < -0.3 is 11.1 Å². The summed E-state index contributed by atoms with van der Waals surface area (Å²) in [7, 11) is 0. The maximum Gasteiger partial charge on any atom is 0.225 e. The number of tetrazole rings is 1. The monoisotopic (exact) mass is 260 g/mol. The van der Waals surface area contributed by atoms with Crippen LogP contribution < -0.4 is 11.1 Å². The third-order valence-electron chi connectivity index (χ3n) is 2.61. The Bertz CT molecular complexity index is 565. The van der Waals surface area contributed by atoms with Crippen LogP contribution in [0.15, 0.2) is 24.3 Å². The lowest BCUT2D eigenvalue weighted by molar-refractivity contribution is -0.116. The van der Waals surface area contributed by atoms with Gasteiger partial charge in [0.1, 0.15) is 0 Å². The molecule has 0 radical (unpaired) electrons. The van der Waals surface area contributed by atoms with Crippen molar-refractivity contribution in [1.82, 2.24) is 20.2 Å². The van der Waals surface area contributed by atoms with Crippen LogP contribution in [0.25, 0.3) is 11.4 Å². The average Bonchev–Trinajstić information content (AvgIpc) is 2.87. The molecule has 7 heteroatoms. The molecule has 1 heterocycles. The highest BCUT2D eigenvalue weighted by Crippen LogP contribution is 2.20. The summed E-state index contributed by atoms with van der Waals surface area (Å²) in [5.74, 6) is 0.576. The van der Waals surface area contributed by atoms with Crippen LogP contribution in [0.2, 0.25) is 0 Å². The zero-order valence-corrected chi connectivity index (χ0v) is 10.7. The molecule has 0 saturated heterocycles. The predicted octanol–water partition coefficient (Wildman–Crippen LogP) is 0.647. The van der Waals surface area contributed by atoms with Crippen molar-refractivity contribution < 1.29 is 4.79 Å². The first-order chi connectivity index (χ1) is 9.24. The largest absolute Gasteiger partial charge is 0.330 e. The molecule has 1 amide bonds. The van der Waals surface area contributed by atoms with Crippen molar-refractivity contribution in [3.63, 3.8) is 0 Å². The van der Waals surface area contributed by atoms with Crippen LogP contribution in [0.4, 0.5) is 5.69 Å². The Kier molecular flexibility index (Phi) is 4.19. The van der Waals surface area contributed by atoms with Gasteiger partial charge in [-0.3, -0.25) is 4.79 Å². The number of hydrogen-bond acceptors (Lipinski definition) is 5. The van der Waals surface area contributed by atoms with E-state index in [4.69, 9.17) is 5.73 Å². The number of nitrogens with zero attached hydrogens (tertiary/aromatic N) is 4. The van der Waals surface area contributed by atoms with E-state index in [-0.39, 0.29) is 5.91 Å². The summed E-state index contributed by atoms with van der Waals surface area (Å²) in [5, 5.41) is 14.3. The van der Waals surface area contributed by atoms with Crippen molar-refractivity contribution in [3.05, 3.63) is 24.3 Å². The number of anilines is 1. The summed E-state index contributed by atoms with van der Waals surface area (Å²) >= 11 is 0. The van der Waals surface area contributed by atoms with Gasteiger partial charge in [0.15, 0.2) is 5.82 Å². The molecule has 1 aromatic carbocycles. The van der Waals surface area contributed by atoms with E-state index >= 15 is 0 Å². The number of carbonyl (C=O) groups is 1. The van der Waals surface area contributed by atoms with Crippen LogP contribution in [0.1, 0.15) is 13.3 Å². The van der Waals surface area contributed by atoms with Gasteiger partial charge in [-0.25, -0.2) is 4.68 Å². The molecule has 100 valence electrons. The standard InChI is InChI=1S/C12H16N6O/c1-2-18-12(15-16-17-18)9-4-3-5-10(8-9)14-11(19)6-7-13/h3-5,8H,2,6-7,13H2,1H3,(H,14,19). The smallest absolute Gasteiger partial charge is 0.225 e. The summed E-state index contributed by atoms with van der Waals surface area (Å²) in [4.78, 5) is 11.5. The van der Waals surface area contributed by atoms with E-state index < -0.39 is 0 Å². The Labute approximate surface area is 110 Å². The Hall–Kier alpha value is -2.28. The van der Waals surface area contributed by atoms with Crippen LogP contribution in [0.5, 0.6) is 0 Å². The van der Waals surface area contributed by atoms with E-state index in [0.29, 0.717) is 31.0 Å². The fourth-order valence-electron chi connectivity index (χ4n) is 1.72. The van der Waals surface area contributed by atoms with Gasteiger partial charge in [0.05, 0.1) is 0 Å². The molecule has 2 rings (SSSR count). The van der Waals surface area contributed by atoms with Gasteiger partial charge in [-0.2, -0.15) is 0 Å². The Morgan fingerprint density at radius 3 is 3.05 bits per heavy atom. The lowest BCUT2D eigenvalue weighted by Crippen LogP contribution is -2.16. The number of aromatic nitrogens is 4. The normalized spacial score (nSPS) is 10.4. The molecule has 0 unspecified atom stereocenters. The molecule has 0 aliphatic carbocycles. The van der Waals surface area contributed by atoms with E-state index in [9.17, 15) is 4.79 Å². The summed E-state index contributed by atoms with van der Waals surface area (Å²) in [6, 6.07) is 7.41. The highest BCUT2D eigenvalue weighted by Gasteiger charge is 2.08. The second kappa shape index (κ2) is 6.05. The average molecular weight is 260 g/mol. The van der Waals surface area contributed by atoms with Crippen molar-refractivity contribution in [3.8, 4) is 11.4 Å². The number of benzene rings is 1. The van der Waals surface area contributed by atoms with Crippen LogP contribution in [-0.2, 0) is 11.3 Å². The zero-order valence-electron chi connectivity index (χ0n) is 10.7. The van der Waals surface area contributed by atoms with Gasteiger partial charge in [0, 0.05) is 30.8 Å². The number of hydrogen-bond donors (Lipinski definition) is 2. The lowest BCUT2D eigenvalue weighted by Gasteiger charge is -2.06. The number of nitrogens with one attached hydrogen (secondary N) is 1. The second-order valence-corrected chi connectivity index (χ2v) is 3.99. The number of carbonyl (C=O) groups excluding carboxylic acids is 1. The summed E-state index contributed by atoms with van der Waals surface area (Å²) in [6.45, 7) is 2.98. The lowest BCUT2D eigenvalue weighted by atomic mass is 10.2. The van der Waals surface area contributed by atoms with Crippen molar-refractivity contribution >= 4 is 11.6 Å². The number of nitrogens with two attached hydrogens (primary N) is 1. The number of aryl methyl sites for hydroxylation is 1. The molecule has 0 saturated carbocycles. The van der Waals surface area contributed by atoms with E-state index in [0.717, 1.165) is 5.56 Å². The highest BCUT2D eigenvalue weighted by atomic mass is 16.1. The van der Waals surface area contributed by atoms with E-state index in [2.05, 4.69) is 20.8 Å². The van der Waals surface area contributed by atoms with Crippen molar-refractivity contribution in [2.45, 2.75) is 19.9 Å². The maximum atomic E-state index is 11.5. The number of rotatable bonds is 5. The molecular weight excluding hydrogens is 244 g/mol. The zero-order chi connectivity index (χ0) is 13.7. The Balaban J connectivity index is 2.22. The molecule has 1 aromatic heterocycles. The molecule has 0 fully saturated rings. The topological polar surface area (TPSA) is 98.7 Å². The van der Waals surface area contributed by atoms with Gasteiger partial charge in [0.25, 0.3) is 0 Å². The molecule has 3 N–H and O–H groups in total. The first-order valence-corrected chi connectivity index (χ1v) is 6.11. The third kappa shape index (κ3) is 3.14. The highest BCUT2D eigenvalue weighted by molar-refractivity contribution is 5.91. The minimum atomic E-state index is -0.102. The van der Waals surface area contributed by atoms with Crippen molar-refractivity contribution in [1.29, 1.82) is 0 Å². The van der Waals surface area contributed by atoms with Crippen LogP contribution >= 0.6 is 0 Å². The second-order valence-electron chi connectivity index (χ2n) is 3.99. The summed E-state index contributed by atoms with van der Waals surface area (Å²) in [5.41, 5.74) is 6.91. The fourth-order valence-corrected chi connectivity index (χ4v) is 1.72. The van der Waals surface area contributed by atoms with Gasteiger partial charge in [-0.15, -0.1) is 5.10 Å². The SMILES string of the molecule is CCn1nnnc1-c1cccc(NC(=O)CCN)c1. The van der Waals surface area contributed by atoms with Crippen LogP contribution in [-0.4, -0.2) is 32.7 Å². The molecule has 0 spiro atoms. The molecule has 0 aliphatic rings. The van der Waals surface area contributed by atoms with Crippen LogP contribution in [0.3, 0.4) is 0 Å². The maximum absolute atomic E-state index is 11.5. The molecule has 0 aliphatic heterocycles. The van der Waals surface area contributed by atoms with Gasteiger partial charge in [-0.05, 0) is 29.5 Å². The summed E-state index contributed by atoms with van der Waals surface area (Å²) in [6.07, 6.45) is 0.303. The summed E-state index contributed by atoms with van der Waals surface area (Å²) < 4.78 is 1.70. The van der Waals surface area contributed by atoms with Gasteiger partial charge in [-0.1, -0.05) is 12.1 Å². The fraction of sp³-hybridized carbons (Fsp3) is 0.333. The Morgan fingerprint density at radius 2 is 2.32 bits per heavy atom. The molecule has 7 nitrogen and oxygen atoms in total. The molecule has 0 atom stereocenters. The van der Waals surface area contributed by atoms with E-state index in [1.165, 1.54) is 0 Å². The number of amides is 1. The van der Waals surface area contributed by atoms with E-state index in [1.807, 2.05) is 31.2 Å². The first-order valence-electron chi connectivity index (χ1n) is 6.11. The third-order valence-corrected chi connectivity index (χ3v) is 2.61. The Morgan fingerprint density at radius 1 is 1.47 bits per heavy atom. The van der Waals surface area contributed by atoms with Crippen molar-refractivity contribution in [2.24, 2.45) is 5.73 Å². The predicted molar refractivity (Wildman–Crippen MR) is 71.2 cm³/mol. The van der Waals surface area contributed by atoms with Gasteiger partial charge in [0.2, 0.25) is 5.91 Å². The van der Waals surface area contributed by atoms with Gasteiger partial charge >= 0.3 is 0 Å². The molecule has 2 aromatic rings. The molecular formula is C12H16N6O. The quantitative estimate of drug-likeness (QED) is 0.822. The molecule has 19 heavy (non-hydrogen) atoms. The molecule has 0 bridgehead atoms. The van der Waals surface area contributed by atoms with Crippen molar-refractivity contribution in [2.75, 3.05) is 11.9 Å². The van der Waals surface area contributed by atoms with Crippen LogP contribution in [0, 0.1) is 0 Å². The minimum absolute atomic E-state index is 0.102.